The van der Waals surface area contributed by atoms with Crippen molar-refractivity contribution in [1.82, 2.24) is 9.29 Å². The Morgan fingerprint density at radius 2 is 1.72 bits per heavy atom. The number of aromatic nitrogens is 1. The molecule has 1 fully saturated rings. The highest BCUT2D eigenvalue weighted by molar-refractivity contribution is 7.89. The van der Waals surface area contributed by atoms with Gasteiger partial charge in [-0.15, -0.1) is 11.3 Å². The van der Waals surface area contributed by atoms with E-state index < -0.39 is 10.0 Å². The van der Waals surface area contributed by atoms with Gasteiger partial charge in [-0.3, -0.25) is 4.79 Å². The molecule has 4 rings (SSSR count). The van der Waals surface area contributed by atoms with Gasteiger partial charge in [0, 0.05) is 41.8 Å². The van der Waals surface area contributed by atoms with E-state index in [2.05, 4.69) is 24.1 Å². The minimum atomic E-state index is -3.54. The molecule has 1 aliphatic heterocycles. The predicted octanol–water partition coefficient (Wildman–Crippen LogP) is 4.97. The fourth-order valence-corrected chi connectivity index (χ4v) is 5.95. The number of nitrogens with one attached hydrogen (secondary N) is 1. The van der Waals surface area contributed by atoms with E-state index in [9.17, 15) is 13.2 Å². The van der Waals surface area contributed by atoms with Gasteiger partial charge in [0.1, 0.15) is 5.01 Å². The molecule has 2 heterocycles. The number of piperidine rings is 1. The number of hydrogen-bond donors (Lipinski definition) is 1. The van der Waals surface area contributed by atoms with Gasteiger partial charge in [-0.2, -0.15) is 4.31 Å². The Labute approximate surface area is 193 Å². The molecule has 1 saturated heterocycles. The van der Waals surface area contributed by atoms with Crippen molar-refractivity contribution < 1.29 is 13.2 Å². The van der Waals surface area contributed by atoms with Crippen LogP contribution in [-0.2, 0) is 14.8 Å². The lowest BCUT2D eigenvalue weighted by atomic mass is 9.97. The van der Waals surface area contributed by atoms with Crippen molar-refractivity contribution in [2.75, 3.05) is 18.4 Å². The number of thiazole rings is 1. The van der Waals surface area contributed by atoms with Crippen LogP contribution < -0.4 is 5.32 Å². The van der Waals surface area contributed by atoms with Gasteiger partial charge in [0.25, 0.3) is 0 Å². The molecule has 0 aliphatic carbocycles. The first-order valence-corrected chi connectivity index (χ1v) is 13.1. The van der Waals surface area contributed by atoms with Crippen LogP contribution in [0.2, 0.25) is 0 Å². The van der Waals surface area contributed by atoms with Crippen LogP contribution >= 0.6 is 11.3 Å². The second kappa shape index (κ2) is 9.52. The summed E-state index contributed by atoms with van der Waals surface area (Å²) in [5, 5.41) is 5.83. The lowest BCUT2D eigenvalue weighted by Gasteiger charge is -2.30. The lowest BCUT2D eigenvalue weighted by molar-refractivity contribution is -0.120. The third-order valence-electron chi connectivity index (χ3n) is 5.84. The molecule has 6 nitrogen and oxygen atoms in total. The molecule has 2 aromatic carbocycles. The zero-order valence-electron chi connectivity index (χ0n) is 18.2. The fraction of sp³-hybridized carbons (Fsp3) is 0.333. The van der Waals surface area contributed by atoms with E-state index in [0.717, 1.165) is 21.8 Å². The third-order valence-corrected chi connectivity index (χ3v) is 8.58. The first kappa shape index (κ1) is 22.6. The monoisotopic (exact) mass is 469 g/mol. The van der Waals surface area contributed by atoms with Gasteiger partial charge < -0.3 is 5.32 Å². The van der Waals surface area contributed by atoms with Gasteiger partial charge >= 0.3 is 0 Å². The maximum Gasteiger partial charge on any atom is 0.243 e. The summed E-state index contributed by atoms with van der Waals surface area (Å²) < 4.78 is 27.5. The van der Waals surface area contributed by atoms with Gasteiger partial charge in [-0.1, -0.05) is 26.0 Å². The number of anilines is 1. The van der Waals surface area contributed by atoms with Crippen LogP contribution in [0.15, 0.2) is 65.0 Å². The number of hydrogen-bond acceptors (Lipinski definition) is 5. The zero-order valence-corrected chi connectivity index (χ0v) is 19.8. The van der Waals surface area contributed by atoms with Crippen molar-refractivity contribution in [2.24, 2.45) is 5.92 Å². The fourth-order valence-electron chi connectivity index (χ4n) is 3.84. The van der Waals surface area contributed by atoms with Gasteiger partial charge in [0.15, 0.2) is 0 Å². The minimum Gasteiger partial charge on any atom is -0.326 e. The quantitative estimate of drug-likeness (QED) is 0.553. The number of carbonyl (C=O) groups is 1. The van der Waals surface area contributed by atoms with Gasteiger partial charge in [0.2, 0.25) is 15.9 Å². The van der Waals surface area contributed by atoms with Crippen LogP contribution in [0.1, 0.15) is 38.2 Å². The van der Waals surface area contributed by atoms with E-state index in [4.69, 9.17) is 0 Å². The largest absolute Gasteiger partial charge is 0.326 e. The summed E-state index contributed by atoms with van der Waals surface area (Å²) in [6.07, 6.45) is 2.78. The molecule has 3 aromatic rings. The first-order valence-electron chi connectivity index (χ1n) is 10.8. The molecule has 0 saturated carbocycles. The molecule has 1 amide bonds. The highest BCUT2D eigenvalue weighted by Crippen LogP contribution is 2.27. The van der Waals surface area contributed by atoms with E-state index in [1.165, 1.54) is 4.31 Å². The van der Waals surface area contributed by atoms with Crippen LogP contribution in [0.3, 0.4) is 0 Å². The Kier molecular flexibility index (Phi) is 6.74. The van der Waals surface area contributed by atoms with Crippen LogP contribution in [0, 0.1) is 5.92 Å². The molecule has 0 spiro atoms. The Morgan fingerprint density at radius 1 is 1.06 bits per heavy atom. The number of sulfonamides is 1. The summed E-state index contributed by atoms with van der Waals surface area (Å²) in [7, 11) is -3.54. The van der Waals surface area contributed by atoms with Crippen molar-refractivity contribution in [2.45, 2.75) is 37.5 Å². The number of nitrogens with zero attached hydrogens (tertiary/aromatic N) is 2. The maximum atomic E-state index is 13.0. The van der Waals surface area contributed by atoms with Crippen molar-refractivity contribution in [3.63, 3.8) is 0 Å². The second-order valence-electron chi connectivity index (χ2n) is 8.31. The standard InChI is InChI=1S/C24H27N3O3S2/c1-17(2)18-5-9-22(10-6-18)32(29,30)27-14-11-19(12-15-27)23(28)26-21-7-3-20(4-8-21)24-25-13-16-31-24/h3-10,13,16-17,19H,11-12,14-15H2,1-2H3,(H,26,28). The molecule has 1 aliphatic rings. The highest BCUT2D eigenvalue weighted by atomic mass is 32.2. The molecule has 1 N–H and O–H groups in total. The van der Waals surface area contributed by atoms with Crippen LogP contribution in [0.4, 0.5) is 5.69 Å². The van der Waals surface area contributed by atoms with Crippen LogP contribution in [-0.4, -0.2) is 36.7 Å². The summed E-state index contributed by atoms with van der Waals surface area (Å²) in [6, 6.07) is 14.7. The van der Waals surface area contributed by atoms with Crippen LogP contribution in [0.25, 0.3) is 10.6 Å². The Hall–Kier alpha value is -2.55. The molecule has 8 heteroatoms. The van der Waals surface area contributed by atoms with Crippen molar-refractivity contribution >= 4 is 33.0 Å². The SMILES string of the molecule is CC(C)c1ccc(S(=O)(=O)N2CCC(C(=O)Nc3ccc(-c4nccs4)cc3)CC2)cc1. The molecule has 32 heavy (non-hydrogen) atoms. The molecular weight excluding hydrogens is 442 g/mol. The molecule has 168 valence electrons. The zero-order chi connectivity index (χ0) is 22.7. The molecule has 0 radical (unpaired) electrons. The first-order chi connectivity index (χ1) is 15.3. The van der Waals surface area contributed by atoms with E-state index in [1.54, 1.807) is 29.7 Å². The predicted molar refractivity (Wildman–Crippen MR) is 128 cm³/mol. The van der Waals surface area contributed by atoms with E-state index in [1.807, 2.05) is 41.8 Å². The minimum absolute atomic E-state index is 0.0645. The van der Waals surface area contributed by atoms with Crippen molar-refractivity contribution in [3.05, 3.63) is 65.7 Å². The molecule has 0 unspecified atom stereocenters. The van der Waals surface area contributed by atoms with Crippen molar-refractivity contribution in [1.29, 1.82) is 0 Å². The highest BCUT2D eigenvalue weighted by Gasteiger charge is 2.32. The normalized spacial score (nSPS) is 15.7. The van der Waals surface area contributed by atoms with Gasteiger partial charge in [-0.05, 0) is 60.7 Å². The molecule has 0 bridgehead atoms. The Morgan fingerprint density at radius 3 is 2.28 bits per heavy atom. The molecule has 0 atom stereocenters. The summed E-state index contributed by atoms with van der Waals surface area (Å²) in [4.78, 5) is 17.3. The van der Waals surface area contributed by atoms with Crippen molar-refractivity contribution in [3.8, 4) is 10.6 Å². The third kappa shape index (κ3) is 4.92. The topological polar surface area (TPSA) is 79.4 Å². The van der Waals surface area contributed by atoms with E-state index in [-0.39, 0.29) is 11.8 Å². The number of rotatable bonds is 6. The summed E-state index contributed by atoms with van der Waals surface area (Å²) in [6.45, 7) is 4.84. The van der Waals surface area contributed by atoms with Gasteiger partial charge in [0.05, 0.1) is 4.90 Å². The Balaban J connectivity index is 1.34. The summed E-state index contributed by atoms with van der Waals surface area (Å²) in [5.74, 6) is 0.0818. The average Bonchev–Trinajstić information content (AvgIpc) is 3.35. The molecule has 1 aromatic heterocycles. The summed E-state index contributed by atoms with van der Waals surface area (Å²) in [5.41, 5.74) is 2.85. The van der Waals surface area contributed by atoms with E-state index >= 15 is 0 Å². The smallest absolute Gasteiger partial charge is 0.243 e. The Bertz CT molecular complexity index is 1150. The van der Waals surface area contributed by atoms with E-state index in [0.29, 0.717) is 36.7 Å². The lowest BCUT2D eigenvalue weighted by Crippen LogP contribution is -2.41. The number of amides is 1. The number of carbonyl (C=O) groups excluding carboxylic acids is 1. The van der Waals surface area contributed by atoms with Crippen LogP contribution in [0.5, 0.6) is 0 Å². The average molecular weight is 470 g/mol. The summed E-state index contributed by atoms with van der Waals surface area (Å²) >= 11 is 1.57. The number of benzene rings is 2. The van der Waals surface area contributed by atoms with Gasteiger partial charge in [-0.25, -0.2) is 13.4 Å². The molecular formula is C24H27N3O3S2. The second-order valence-corrected chi connectivity index (χ2v) is 11.1. The maximum absolute atomic E-state index is 13.0.